The van der Waals surface area contributed by atoms with Gasteiger partial charge in [-0.3, -0.25) is 10.1 Å². The summed E-state index contributed by atoms with van der Waals surface area (Å²) < 4.78 is 41.7. The van der Waals surface area contributed by atoms with Gasteiger partial charge in [-0.05, 0) is 42.5 Å². The summed E-state index contributed by atoms with van der Waals surface area (Å²) in [5.74, 6) is -0.798. The van der Waals surface area contributed by atoms with E-state index < -0.39 is 22.5 Å². The number of carbonyl (C=O) groups is 2. The number of hydrogen-bond donors (Lipinski definition) is 2. The Kier molecular flexibility index (Phi) is 6.01. The molecule has 0 atom stereocenters. The Labute approximate surface area is 153 Å². The minimum atomic E-state index is -5.12. The quantitative estimate of drug-likeness (QED) is 0.742. The van der Waals surface area contributed by atoms with Crippen LogP contribution in [0.15, 0.2) is 42.5 Å². The van der Waals surface area contributed by atoms with Crippen LogP contribution in [0.1, 0.15) is 10.4 Å². The fourth-order valence-corrected chi connectivity index (χ4v) is 2.46. The minimum absolute atomic E-state index is 0.0832. The highest BCUT2D eigenvalue weighted by molar-refractivity contribution is 7.81. The number of carbonyl (C=O) groups excluding carboxylic acids is 2. The number of ether oxygens (including phenoxy) is 1. The number of amides is 2. The second kappa shape index (κ2) is 8.02. The fourth-order valence-electron chi connectivity index (χ4n) is 1.85. The molecular weight excluding hydrogens is 391 g/mol. The number of halogens is 2. The molecule has 2 amide bonds. The molecule has 0 aliphatic heterocycles. The van der Waals surface area contributed by atoms with Gasteiger partial charge in [-0.15, -0.1) is 0 Å². The minimum Gasteiger partial charge on any atom is -0.453 e. The molecule has 0 aromatic heterocycles. The van der Waals surface area contributed by atoms with E-state index in [1.165, 1.54) is 37.4 Å². The van der Waals surface area contributed by atoms with Crippen LogP contribution in [0.5, 0.6) is 5.75 Å². The SMILES string of the molecule is COC(=O)Nc1ccc(C(=O)Nc2ccc(OS(=O)(=O)F)cc2)c(Cl)c1. The predicted octanol–water partition coefficient (Wildman–Crippen LogP) is 3.36. The lowest BCUT2D eigenvalue weighted by Gasteiger charge is -2.09. The number of rotatable bonds is 5. The monoisotopic (exact) mass is 402 g/mol. The van der Waals surface area contributed by atoms with Crippen LogP contribution in [0.2, 0.25) is 5.02 Å². The number of nitrogens with one attached hydrogen (secondary N) is 2. The summed E-state index contributed by atoms with van der Waals surface area (Å²) in [6.45, 7) is 0. The van der Waals surface area contributed by atoms with Crippen molar-refractivity contribution in [3.8, 4) is 5.75 Å². The molecule has 0 radical (unpaired) electrons. The third kappa shape index (κ3) is 5.60. The molecule has 0 saturated carbocycles. The molecule has 2 rings (SSSR count). The zero-order valence-electron chi connectivity index (χ0n) is 13.2. The van der Waals surface area contributed by atoms with Crippen molar-refractivity contribution in [1.82, 2.24) is 0 Å². The summed E-state index contributed by atoms with van der Waals surface area (Å²) in [6, 6.07) is 9.20. The topological polar surface area (TPSA) is 111 Å². The lowest BCUT2D eigenvalue weighted by atomic mass is 10.2. The van der Waals surface area contributed by atoms with Crippen molar-refractivity contribution >= 4 is 45.5 Å². The highest BCUT2D eigenvalue weighted by atomic mass is 35.5. The Balaban J connectivity index is 2.08. The maximum absolute atomic E-state index is 12.4. The van der Waals surface area contributed by atoms with Gasteiger partial charge in [0, 0.05) is 11.4 Å². The van der Waals surface area contributed by atoms with Gasteiger partial charge in [0.1, 0.15) is 5.75 Å². The van der Waals surface area contributed by atoms with Crippen LogP contribution in [0.3, 0.4) is 0 Å². The third-order valence-corrected chi connectivity index (χ3v) is 3.66. The van der Waals surface area contributed by atoms with E-state index in [1.54, 1.807) is 0 Å². The van der Waals surface area contributed by atoms with Crippen molar-refractivity contribution in [2.24, 2.45) is 0 Å². The molecule has 0 unspecified atom stereocenters. The summed E-state index contributed by atoms with van der Waals surface area (Å²) in [5.41, 5.74) is 0.771. The molecule has 0 aliphatic rings. The Morgan fingerprint density at radius 3 is 2.19 bits per heavy atom. The van der Waals surface area contributed by atoms with E-state index in [0.29, 0.717) is 11.4 Å². The van der Waals surface area contributed by atoms with Gasteiger partial charge < -0.3 is 14.2 Å². The highest BCUT2D eigenvalue weighted by Gasteiger charge is 2.13. The van der Waals surface area contributed by atoms with Crippen molar-refractivity contribution in [1.29, 1.82) is 0 Å². The maximum Gasteiger partial charge on any atom is 0.488 e. The Bertz CT molecular complexity index is 934. The van der Waals surface area contributed by atoms with Crippen LogP contribution in [0.4, 0.5) is 20.1 Å². The van der Waals surface area contributed by atoms with E-state index in [0.717, 1.165) is 12.1 Å². The van der Waals surface area contributed by atoms with Crippen molar-refractivity contribution in [2.45, 2.75) is 0 Å². The molecule has 0 saturated heterocycles. The Hall–Kier alpha value is -2.85. The number of hydrogen-bond acceptors (Lipinski definition) is 6. The average molecular weight is 403 g/mol. The molecule has 0 aliphatic carbocycles. The number of benzene rings is 2. The van der Waals surface area contributed by atoms with Crippen molar-refractivity contribution in [2.75, 3.05) is 17.7 Å². The molecule has 0 heterocycles. The molecule has 138 valence electrons. The molecule has 2 aromatic carbocycles. The number of anilines is 2. The molecule has 2 N–H and O–H groups in total. The van der Waals surface area contributed by atoms with Gasteiger partial charge in [0.2, 0.25) is 0 Å². The van der Waals surface area contributed by atoms with Crippen molar-refractivity contribution in [3.05, 3.63) is 53.1 Å². The summed E-state index contributed by atoms with van der Waals surface area (Å²) in [5, 5.41) is 5.01. The van der Waals surface area contributed by atoms with Crippen LogP contribution < -0.4 is 14.8 Å². The maximum atomic E-state index is 12.4. The van der Waals surface area contributed by atoms with E-state index >= 15 is 0 Å². The highest BCUT2D eigenvalue weighted by Crippen LogP contribution is 2.23. The summed E-state index contributed by atoms with van der Waals surface area (Å²) in [4.78, 5) is 23.4. The molecule has 8 nitrogen and oxygen atoms in total. The lowest BCUT2D eigenvalue weighted by Crippen LogP contribution is -2.14. The van der Waals surface area contributed by atoms with Gasteiger partial charge in [-0.2, -0.15) is 8.42 Å². The first-order valence-corrected chi connectivity index (χ1v) is 8.56. The Morgan fingerprint density at radius 1 is 1.04 bits per heavy atom. The second-order valence-corrected chi connectivity index (χ2v) is 6.13. The number of methoxy groups -OCH3 is 1. The van der Waals surface area contributed by atoms with E-state index in [9.17, 15) is 21.9 Å². The molecule has 0 fully saturated rings. The first-order chi connectivity index (χ1) is 12.2. The van der Waals surface area contributed by atoms with Gasteiger partial charge in [0.05, 0.1) is 17.7 Å². The molecule has 0 bridgehead atoms. The van der Waals surface area contributed by atoms with Crippen LogP contribution >= 0.6 is 11.6 Å². The second-order valence-electron chi connectivity index (χ2n) is 4.77. The van der Waals surface area contributed by atoms with Gasteiger partial charge in [-0.25, -0.2) is 4.79 Å². The first kappa shape index (κ1) is 19.5. The summed E-state index contributed by atoms with van der Waals surface area (Å²) in [6.07, 6.45) is -0.684. The fraction of sp³-hybridized carbons (Fsp3) is 0.0667. The van der Waals surface area contributed by atoms with Crippen LogP contribution in [0.25, 0.3) is 0 Å². The zero-order valence-corrected chi connectivity index (χ0v) is 14.7. The molecule has 11 heteroatoms. The van der Waals surface area contributed by atoms with Gasteiger partial charge in [0.15, 0.2) is 0 Å². The third-order valence-electron chi connectivity index (χ3n) is 2.95. The average Bonchev–Trinajstić information content (AvgIpc) is 2.55. The predicted molar refractivity (Wildman–Crippen MR) is 92.5 cm³/mol. The normalized spacial score (nSPS) is 10.7. The van der Waals surface area contributed by atoms with Gasteiger partial charge >= 0.3 is 16.6 Å². The van der Waals surface area contributed by atoms with Crippen LogP contribution in [-0.4, -0.2) is 27.5 Å². The first-order valence-electron chi connectivity index (χ1n) is 6.88. The zero-order chi connectivity index (χ0) is 19.3. The smallest absolute Gasteiger partial charge is 0.453 e. The van der Waals surface area contributed by atoms with E-state index in [1.807, 2.05) is 0 Å². The van der Waals surface area contributed by atoms with Crippen molar-refractivity contribution < 1.29 is 30.8 Å². The molecule has 2 aromatic rings. The lowest BCUT2D eigenvalue weighted by molar-refractivity contribution is 0.102. The van der Waals surface area contributed by atoms with Gasteiger partial charge in [-0.1, -0.05) is 15.5 Å². The largest absolute Gasteiger partial charge is 0.488 e. The van der Waals surface area contributed by atoms with E-state index in [2.05, 4.69) is 19.6 Å². The summed E-state index contributed by atoms with van der Waals surface area (Å²) >= 11 is 6.03. The molecular formula is C15H12ClFN2O6S. The molecule has 26 heavy (non-hydrogen) atoms. The standard InChI is InChI=1S/C15H12ClFN2O6S/c1-24-15(21)19-10-4-7-12(13(16)8-10)14(20)18-9-2-5-11(6-3-9)25-26(17,22)23/h2-8H,1H3,(H,18,20)(H,19,21). The molecule has 0 spiro atoms. The van der Waals surface area contributed by atoms with E-state index in [4.69, 9.17) is 11.6 Å². The van der Waals surface area contributed by atoms with Crippen molar-refractivity contribution in [3.63, 3.8) is 0 Å². The van der Waals surface area contributed by atoms with Gasteiger partial charge in [0.25, 0.3) is 5.91 Å². The Morgan fingerprint density at radius 2 is 1.65 bits per heavy atom. The van der Waals surface area contributed by atoms with E-state index in [-0.39, 0.29) is 16.3 Å². The summed E-state index contributed by atoms with van der Waals surface area (Å²) in [7, 11) is -3.91. The van der Waals surface area contributed by atoms with Crippen LogP contribution in [-0.2, 0) is 15.2 Å². The van der Waals surface area contributed by atoms with Crippen LogP contribution in [0, 0.1) is 0 Å².